The van der Waals surface area contributed by atoms with E-state index in [-0.39, 0.29) is 11.9 Å². The van der Waals surface area contributed by atoms with Crippen molar-refractivity contribution < 1.29 is 14.3 Å². The van der Waals surface area contributed by atoms with E-state index in [4.69, 9.17) is 9.47 Å². The largest absolute Gasteiger partial charge is 0.497 e. The number of thiazole rings is 1. The number of nitrogens with zero attached hydrogens (tertiary/aromatic N) is 2. The molecule has 0 unspecified atom stereocenters. The van der Waals surface area contributed by atoms with Crippen molar-refractivity contribution in [1.29, 1.82) is 0 Å². The van der Waals surface area contributed by atoms with Crippen molar-refractivity contribution in [2.24, 2.45) is 0 Å². The Morgan fingerprint density at radius 2 is 1.93 bits per heavy atom. The van der Waals surface area contributed by atoms with Crippen LogP contribution in [0.5, 0.6) is 11.5 Å². The fraction of sp³-hybridized carbons (Fsp3) is 0.273. The standard InChI is InChI=1S/C22H22N2O3S/c1-26-18-10-11-20(27-2)16(12-18)13-24(17-8-9-17)22(25)19-14-28-21(23-19)15-6-4-3-5-7-15/h3-7,10-12,14,17H,8-9,13H2,1-2H3. The molecule has 1 heterocycles. The van der Waals surface area contributed by atoms with Gasteiger partial charge >= 0.3 is 0 Å². The first-order valence-electron chi connectivity index (χ1n) is 9.22. The van der Waals surface area contributed by atoms with Gasteiger partial charge in [-0.3, -0.25) is 4.79 Å². The molecule has 1 fully saturated rings. The number of hydrogen-bond acceptors (Lipinski definition) is 5. The number of amides is 1. The Bertz CT molecular complexity index is 967. The maximum atomic E-state index is 13.2. The van der Waals surface area contributed by atoms with Crippen LogP contribution in [0.25, 0.3) is 10.6 Å². The molecule has 0 bridgehead atoms. The van der Waals surface area contributed by atoms with E-state index in [1.165, 1.54) is 11.3 Å². The second kappa shape index (κ2) is 8.02. The summed E-state index contributed by atoms with van der Waals surface area (Å²) in [5.41, 5.74) is 2.46. The molecular weight excluding hydrogens is 372 g/mol. The van der Waals surface area contributed by atoms with Gasteiger partial charge in [0.25, 0.3) is 5.91 Å². The fourth-order valence-electron chi connectivity index (χ4n) is 3.17. The quantitative estimate of drug-likeness (QED) is 0.586. The molecule has 0 atom stereocenters. The number of hydrogen-bond donors (Lipinski definition) is 0. The van der Waals surface area contributed by atoms with Crippen LogP contribution in [-0.2, 0) is 6.54 Å². The van der Waals surface area contributed by atoms with Gasteiger partial charge in [0.15, 0.2) is 0 Å². The Hall–Kier alpha value is -2.86. The smallest absolute Gasteiger partial charge is 0.273 e. The van der Waals surface area contributed by atoms with Crippen LogP contribution in [0.15, 0.2) is 53.9 Å². The molecule has 144 valence electrons. The highest BCUT2D eigenvalue weighted by molar-refractivity contribution is 7.13. The summed E-state index contributed by atoms with van der Waals surface area (Å²) in [4.78, 5) is 19.7. The van der Waals surface area contributed by atoms with E-state index in [0.29, 0.717) is 12.2 Å². The van der Waals surface area contributed by atoms with Gasteiger partial charge in [-0.2, -0.15) is 0 Å². The molecular formula is C22H22N2O3S. The summed E-state index contributed by atoms with van der Waals surface area (Å²) in [5, 5.41) is 2.71. The van der Waals surface area contributed by atoms with Gasteiger partial charge < -0.3 is 14.4 Å². The zero-order chi connectivity index (χ0) is 19.5. The maximum absolute atomic E-state index is 13.2. The lowest BCUT2D eigenvalue weighted by molar-refractivity contribution is 0.0723. The van der Waals surface area contributed by atoms with Crippen LogP contribution in [0.4, 0.5) is 0 Å². The number of rotatable bonds is 7. The summed E-state index contributed by atoms with van der Waals surface area (Å²) < 4.78 is 10.8. The van der Waals surface area contributed by atoms with Gasteiger partial charge in [0, 0.05) is 22.5 Å². The Balaban J connectivity index is 1.59. The summed E-state index contributed by atoms with van der Waals surface area (Å²) in [6.45, 7) is 0.474. The van der Waals surface area contributed by atoms with E-state index in [9.17, 15) is 4.79 Å². The Morgan fingerprint density at radius 3 is 2.61 bits per heavy atom. The van der Waals surface area contributed by atoms with E-state index >= 15 is 0 Å². The minimum atomic E-state index is -0.0363. The first kappa shape index (κ1) is 18.5. The minimum Gasteiger partial charge on any atom is -0.497 e. The first-order valence-corrected chi connectivity index (χ1v) is 10.1. The average molecular weight is 394 g/mol. The summed E-state index contributed by atoms with van der Waals surface area (Å²) in [5.74, 6) is 1.47. The molecule has 0 aliphatic heterocycles. The molecule has 1 aliphatic carbocycles. The van der Waals surface area contributed by atoms with Crippen LogP contribution >= 0.6 is 11.3 Å². The van der Waals surface area contributed by atoms with E-state index in [1.54, 1.807) is 14.2 Å². The lowest BCUT2D eigenvalue weighted by atomic mass is 10.1. The second-order valence-electron chi connectivity index (χ2n) is 6.75. The van der Waals surface area contributed by atoms with Crippen molar-refractivity contribution in [3.05, 3.63) is 65.2 Å². The van der Waals surface area contributed by atoms with Crippen molar-refractivity contribution >= 4 is 17.2 Å². The summed E-state index contributed by atoms with van der Waals surface area (Å²) in [7, 11) is 3.27. The molecule has 0 saturated heterocycles. The van der Waals surface area contributed by atoms with Crippen molar-refractivity contribution in [2.75, 3.05) is 14.2 Å². The molecule has 1 amide bonds. The predicted octanol–water partition coefficient (Wildman–Crippen LogP) is 4.63. The molecule has 5 nitrogen and oxygen atoms in total. The molecule has 2 aromatic carbocycles. The number of carbonyl (C=O) groups is 1. The van der Waals surface area contributed by atoms with Gasteiger partial charge in [-0.15, -0.1) is 11.3 Å². The average Bonchev–Trinajstić information content (AvgIpc) is 3.47. The third-order valence-electron chi connectivity index (χ3n) is 4.82. The van der Waals surface area contributed by atoms with Gasteiger partial charge in [-0.25, -0.2) is 4.98 Å². The third kappa shape index (κ3) is 3.87. The molecule has 4 rings (SSSR count). The zero-order valence-electron chi connectivity index (χ0n) is 15.9. The second-order valence-corrected chi connectivity index (χ2v) is 7.60. The van der Waals surface area contributed by atoms with E-state index in [0.717, 1.165) is 40.5 Å². The number of carbonyl (C=O) groups excluding carboxylic acids is 1. The Labute approximate surface area is 168 Å². The molecule has 28 heavy (non-hydrogen) atoms. The van der Waals surface area contributed by atoms with Crippen molar-refractivity contribution in [2.45, 2.75) is 25.4 Å². The summed E-state index contributed by atoms with van der Waals surface area (Å²) in [6, 6.07) is 15.9. The van der Waals surface area contributed by atoms with Crippen LogP contribution in [-0.4, -0.2) is 36.1 Å². The molecule has 3 aromatic rings. The zero-order valence-corrected chi connectivity index (χ0v) is 16.7. The van der Waals surface area contributed by atoms with Gasteiger partial charge in [-0.1, -0.05) is 30.3 Å². The number of benzene rings is 2. The van der Waals surface area contributed by atoms with E-state index in [1.807, 2.05) is 58.8 Å². The summed E-state index contributed by atoms with van der Waals surface area (Å²) >= 11 is 1.50. The van der Waals surface area contributed by atoms with Crippen molar-refractivity contribution in [3.8, 4) is 22.1 Å². The number of methoxy groups -OCH3 is 2. The number of aromatic nitrogens is 1. The topological polar surface area (TPSA) is 51.7 Å². The molecule has 6 heteroatoms. The van der Waals surface area contributed by atoms with Gasteiger partial charge in [0.05, 0.1) is 20.8 Å². The number of ether oxygens (including phenoxy) is 2. The molecule has 0 spiro atoms. The van der Waals surface area contributed by atoms with Gasteiger partial charge in [0.2, 0.25) is 0 Å². The summed E-state index contributed by atoms with van der Waals surface area (Å²) in [6.07, 6.45) is 2.04. The van der Waals surface area contributed by atoms with Crippen LogP contribution in [0, 0.1) is 0 Å². The first-order chi connectivity index (χ1) is 13.7. The molecule has 0 radical (unpaired) electrons. The minimum absolute atomic E-state index is 0.0363. The van der Waals surface area contributed by atoms with Gasteiger partial charge in [-0.05, 0) is 31.0 Å². The molecule has 1 saturated carbocycles. The maximum Gasteiger partial charge on any atom is 0.273 e. The van der Waals surface area contributed by atoms with Crippen LogP contribution < -0.4 is 9.47 Å². The third-order valence-corrected chi connectivity index (χ3v) is 5.71. The van der Waals surface area contributed by atoms with E-state index in [2.05, 4.69) is 4.98 Å². The SMILES string of the molecule is COc1ccc(OC)c(CN(C(=O)c2csc(-c3ccccc3)n2)C2CC2)c1. The van der Waals surface area contributed by atoms with Crippen LogP contribution in [0.1, 0.15) is 28.9 Å². The van der Waals surface area contributed by atoms with Crippen LogP contribution in [0.2, 0.25) is 0 Å². The lowest BCUT2D eigenvalue weighted by Gasteiger charge is -2.23. The fourth-order valence-corrected chi connectivity index (χ4v) is 3.97. The molecule has 0 N–H and O–H groups in total. The normalized spacial score (nSPS) is 13.2. The Kier molecular flexibility index (Phi) is 5.30. The van der Waals surface area contributed by atoms with E-state index < -0.39 is 0 Å². The highest BCUT2D eigenvalue weighted by atomic mass is 32.1. The highest BCUT2D eigenvalue weighted by Crippen LogP contribution is 2.34. The Morgan fingerprint density at radius 1 is 1.14 bits per heavy atom. The molecule has 1 aliphatic rings. The highest BCUT2D eigenvalue weighted by Gasteiger charge is 2.34. The molecule has 1 aromatic heterocycles. The van der Waals surface area contributed by atoms with Crippen LogP contribution in [0.3, 0.4) is 0 Å². The monoisotopic (exact) mass is 394 g/mol. The lowest BCUT2D eigenvalue weighted by Crippen LogP contribution is -2.33. The predicted molar refractivity (Wildman–Crippen MR) is 110 cm³/mol. The van der Waals surface area contributed by atoms with Crippen molar-refractivity contribution in [1.82, 2.24) is 9.88 Å². The van der Waals surface area contributed by atoms with Gasteiger partial charge in [0.1, 0.15) is 22.2 Å². The van der Waals surface area contributed by atoms with Crippen molar-refractivity contribution in [3.63, 3.8) is 0 Å².